The molecule has 0 amide bonds. The van der Waals surface area contributed by atoms with Gasteiger partial charge in [-0.15, -0.1) is 0 Å². The molecule has 2 N–H and O–H groups in total. The SMILES string of the molecule is CC(C)(CN1CCC(O)C1)C(O)c1ccccc1. The minimum atomic E-state index is -0.476. The molecule has 1 aliphatic rings. The van der Waals surface area contributed by atoms with Crippen LogP contribution in [-0.4, -0.2) is 40.9 Å². The summed E-state index contributed by atoms with van der Waals surface area (Å²) in [5.41, 5.74) is 0.744. The molecule has 1 aromatic carbocycles. The van der Waals surface area contributed by atoms with Crippen molar-refractivity contribution in [1.82, 2.24) is 4.90 Å². The Balaban J connectivity index is 2.01. The molecule has 0 bridgehead atoms. The van der Waals surface area contributed by atoms with E-state index in [1.165, 1.54) is 0 Å². The summed E-state index contributed by atoms with van der Waals surface area (Å²) in [6.07, 6.45) is 0.170. The molecule has 0 aliphatic carbocycles. The van der Waals surface area contributed by atoms with E-state index in [1.807, 2.05) is 30.3 Å². The van der Waals surface area contributed by atoms with Crippen LogP contribution in [0, 0.1) is 5.41 Å². The first-order chi connectivity index (χ1) is 8.49. The molecule has 0 spiro atoms. The summed E-state index contributed by atoms with van der Waals surface area (Å²) in [5.74, 6) is 0. The van der Waals surface area contributed by atoms with Crippen molar-refractivity contribution in [2.45, 2.75) is 32.5 Å². The van der Waals surface area contributed by atoms with Crippen LogP contribution >= 0.6 is 0 Å². The van der Waals surface area contributed by atoms with Crippen LogP contribution in [0.25, 0.3) is 0 Å². The summed E-state index contributed by atoms with van der Waals surface area (Å²) >= 11 is 0. The molecule has 1 fully saturated rings. The Bertz CT molecular complexity index is 377. The zero-order valence-corrected chi connectivity index (χ0v) is 11.2. The van der Waals surface area contributed by atoms with Gasteiger partial charge in [-0.25, -0.2) is 0 Å². The van der Waals surface area contributed by atoms with Crippen molar-refractivity contribution in [3.05, 3.63) is 35.9 Å². The van der Waals surface area contributed by atoms with Crippen molar-refractivity contribution in [1.29, 1.82) is 0 Å². The van der Waals surface area contributed by atoms with Crippen LogP contribution in [0.15, 0.2) is 30.3 Å². The third-order valence-electron chi connectivity index (χ3n) is 3.73. The summed E-state index contributed by atoms with van der Waals surface area (Å²) in [5, 5.41) is 20.0. The lowest BCUT2D eigenvalue weighted by Gasteiger charge is -2.34. The number of likely N-dealkylation sites (tertiary alicyclic amines) is 1. The molecule has 1 heterocycles. The Hall–Kier alpha value is -0.900. The highest BCUT2D eigenvalue weighted by Gasteiger charge is 2.33. The molecule has 2 atom stereocenters. The maximum atomic E-state index is 10.5. The fourth-order valence-corrected chi connectivity index (χ4v) is 2.71. The Kier molecular flexibility index (Phi) is 4.05. The Morgan fingerprint density at radius 1 is 1.33 bits per heavy atom. The highest BCUT2D eigenvalue weighted by atomic mass is 16.3. The molecule has 1 saturated heterocycles. The molecular weight excluding hydrogens is 226 g/mol. The van der Waals surface area contributed by atoms with Crippen molar-refractivity contribution < 1.29 is 10.2 Å². The van der Waals surface area contributed by atoms with Crippen LogP contribution < -0.4 is 0 Å². The van der Waals surface area contributed by atoms with E-state index >= 15 is 0 Å². The third-order valence-corrected chi connectivity index (χ3v) is 3.73. The molecule has 0 radical (unpaired) electrons. The van der Waals surface area contributed by atoms with Crippen LogP contribution in [0.2, 0.25) is 0 Å². The van der Waals surface area contributed by atoms with Crippen molar-refractivity contribution in [2.75, 3.05) is 19.6 Å². The average molecular weight is 249 g/mol. The second-order valence-electron chi connectivity index (χ2n) is 5.98. The second-order valence-corrected chi connectivity index (χ2v) is 5.98. The van der Waals surface area contributed by atoms with Gasteiger partial charge < -0.3 is 15.1 Å². The molecular formula is C15H23NO2. The molecule has 2 rings (SSSR count). The fourth-order valence-electron chi connectivity index (χ4n) is 2.71. The van der Waals surface area contributed by atoms with Crippen LogP contribution in [-0.2, 0) is 0 Å². The molecule has 0 aromatic heterocycles. The molecule has 1 aliphatic heterocycles. The normalized spacial score (nSPS) is 23.2. The number of β-amino-alcohol motifs (C(OH)–C–C–N with tert-alkyl or cyclic N) is 1. The molecule has 18 heavy (non-hydrogen) atoms. The molecule has 100 valence electrons. The number of aliphatic hydroxyl groups excluding tert-OH is 2. The number of nitrogens with zero attached hydrogens (tertiary/aromatic N) is 1. The van der Waals surface area contributed by atoms with E-state index in [0.717, 1.165) is 31.6 Å². The lowest BCUT2D eigenvalue weighted by molar-refractivity contribution is 0.0227. The summed E-state index contributed by atoms with van der Waals surface area (Å²) in [4.78, 5) is 2.23. The van der Waals surface area contributed by atoms with E-state index in [-0.39, 0.29) is 11.5 Å². The number of hydrogen-bond donors (Lipinski definition) is 2. The van der Waals surface area contributed by atoms with Crippen LogP contribution in [0.5, 0.6) is 0 Å². The first-order valence-electron chi connectivity index (χ1n) is 6.62. The smallest absolute Gasteiger partial charge is 0.0853 e. The first kappa shape index (κ1) is 13.5. The average Bonchev–Trinajstić information content (AvgIpc) is 2.74. The minimum absolute atomic E-state index is 0.199. The van der Waals surface area contributed by atoms with Crippen molar-refractivity contribution in [2.24, 2.45) is 5.41 Å². The van der Waals surface area contributed by atoms with Gasteiger partial charge in [0.15, 0.2) is 0 Å². The van der Waals surface area contributed by atoms with Crippen molar-refractivity contribution in [3.63, 3.8) is 0 Å². The van der Waals surface area contributed by atoms with E-state index in [1.54, 1.807) is 0 Å². The summed E-state index contributed by atoms with van der Waals surface area (Å²) < 4.78 is 0. The second kappa shape index (κ2) is 5.39. The predicted molar refractivity (Wildman–Crippen MR) is 72.2 cm³/mol. The Morgan fingerprint density at radius 2 is 2.00 bits per heavy atom. The maximum absolute atomic E-state index is 10.5. The highest BCUT2D eigenvalue weighted by molar-refractivity contribution is 5.19. The minimum Gasteiger partial charge on any atom is -0.392 e. The van der Waals surface area contributed by atoms with E-state index in [2.05, 4.69) is 18.7 Å². The van der Waals surface area contributed by atoms with Gasteiger partial charge in [0.2, 0.25) is 0 Å². The van der Waals surface area contributed by atoms with Gasteiger partial charge in [0, 0.05) is 25.0 Å². The molecule has 1 aromatic rings. The topological polar surface area (TPSA) is 43.7 Å². The van der Waals surface area contributed by atoms with Crippen molar-refractivity contribution in [3.8, 4) is 0 Å². The lowest BCUT2D eigenvalue weighted by atomic mass is 9.82. The largest absolute Gasteiger partial charge is 0.392 e. The monoisotopic (exact) mass is 249 g/mol. The van der Waals surface area contributed by atoms with Gasteiger partial charge >= 0.3 is 0 Å². The van der Waals surface area contributed by atoms with E-state index in [0.29, 0.717) is 0 Å². The van der Waals surface area contributed by atoms with Gasteiger partial charge in [-0.1, -0.05) is 44.2 Å². The lowest BCUT2D eigenvalue weighted by Crippen LogP contribution is -2.37. The number of benzene rings is 1. The van der Waals surface area contributed by atoms with Crippen LogP contribution in [0.3, 0.4) is 0 Å². The molecule has 0 saturated carbocycles. The zero-order valence-electron chi connectivity index (χ0n) is 11.2. The van der Waals surface area contributed by atoms with Gasteiger partial charge in [0.25, 0.3) is 0 Å². The van der Waals surface area contributed by atoms with E-state index < -0.39 is 6.10 Å². The number of rotatable bonds is 4. The standard InChI is InChI=1S/C15H23NO2/c1-15(2,11-16-9-8-13(17)10-16)14(18)12-6-4-3-5-7-12/h3-7,13-14,17-18H,8-11H2,1-2H3. The van der Waals surface area contributed by atoms with Crippen LogP contribution in [0.4, 0.5) is 0 Å². The van der Waals surface area contributed by atoms with Gasteiger partial charge in [-0.05, 0) is 12.0 Å². The number of aliphatic hydroxyl groups is 2. The van der Waals surface area contributed by atoms with Gasteiger partial charge in [0.05, 0.1) is 12.2 Å². The van der Waals surface area contributed by atoms with Gasteiger partial charge in [-0.3, -0.25) is 0 Å². The summed E-state index contributed by atoms with van der Waals surface area (Å²) in [7, 11) is 0. The number of hydrogen-bond acceptors (Lipinski definition) is 3. The summed E-state index contributed by atoms with van der Waals surface area (Å²) in [6.45, 7) is 6.61. The molecule has 3 nitrogen and oxygen atoms in total. The van der Waals surface area contributed by atoms with Gasteiger partial charge in [0.1, 0.15) is 0 Å². The Morgan fingerprint density at radius 3 is 2.56 bits per heavy atom. The molecule has 3 heteroatoms. The molecule has 2 unspecified atom stereocenters. The van der Waals surface area contributed by atoms with Gasteiger partial charge in [-0.2, -0.15) is 0 Å². The summed E-state index contributed by atoms with van der Waals surface area (Å²) in [6, 6.07) is 9.79. The fraction of sp³-hybridized carbons (Fsp3) is 0.600. The van der Waals surface area contributed by atoms with Crippen molar-refractivity contribution >= 4 is 0 Å². The first-order valence-corrected chi connectivity index (χ1v) is 6.62. The predicted octanol–water partition coefficient (Wildman–Crippen LogP) is 1.81. The van der Waals surface area contributed by atoms with Crippen LogP contribution in [0.1, 0.15) is 31.9 Å². The Labute approximate surface area is 109 Å². The highest BCUT2D eigenvalue weighted by Crippen LogP contribution is 2.34. The maximum Gasteiger partial charge on any atom is 0.0853 e. The zero-order chi connectivity index (χ0) is 13.2. The third kappa shape index (κ3) is 3.10. The quantitative estimate of drug-likeness (QED) is 0.855. The van der Waals surface area contributed by atoms with E-state index in [4.69, 9.17) is 0 Å². The van der Waals surface area contributed by atoms with E-state index in [9.17, 15) is 10.2 Å².